The van der Waals surface area contributed by atoms with Crippen LogP contribution >= 0.6 is 15.9 Å². The molecule has 4 fully saturated rings. The van der Waals surface area contributed by atoms with Gasteiger partial charge in [0, 0.05) is 0 Å². The van der Waals surface area contributed by atoms with Crippen molar-refractivity contribution in [1.82, 2.24) is 0 Å². The summed E-state index contributed by atoms with van der Waals surface area (Å²) in [6, 6.07) is 0. The number of halogens is 1. The Labute approximate surface area is 88.4 Å². The third kappa shape index (κ3) is 1.37. The van der Waals surface area contributed by atoms with Crippen molar-refractivity contribution < 1.29 is 4.74 Å². The van der Waals surface area contributed by atoms with E-state index in [1.54, 1.807) is 0 Å². The summed E-state index contributed by atoms with van der Waals surface area (Å²) in [5.74, 6) is 3.96. The van der Waals surface area contributed by atoms with Crippen molar-refractivity contribution in [2.24, 2.45) is 23.7 Å². The Balaban J connectivity index is 1.77. The van der Waals surface area contributed by atoms with Crippen molar-refractivity contribution in [3.63, 3.8) is 0 Å². The van der Waals surface area contributed by atoms with E-state index in [4.69, 9.17) is 4.74 Å². The molecule has 2 heteroatoms. The van der Waals surface area contributed by atoms with Crippen LogP contribution in [0.1, 0.15) is 32.1 Å². The molecule has 0 spiro atoms. The van der Waals surface area contributed by atoms with Gasteiger partial charge in [0.15, 0.2) is 0 Å². The predicted molar refractivity (Wildman–Crippen MR) is 55.7 cm³/mol. The summed E-state index contributed by atoms with van der Waals surface area (Å²) in [6.45, 7) is 0. The van der Waals surface area contributed by atoms with Crippen LogP contribution in [-0.4, -0.2) is 11.6 Å². The third-order valence-corrected chi connectivity index (χ3v) is 4.66. The lowest BCUT2D eigenvalue weighted by Gasteiger charge is -2.53. The van der Waals surface area contributed by atoms with Gasteiger partial charge in [-0.3, -0.25) is 0 Å². The van der Waals surface area contributed by atoms with Crippen LogP contribution in [0.4, 0.5) is 0 Å². The molecule has 0 heterocycles. The van der Waals surface area contributed by atoms with E-state index in [0.717, 1.165) is 29.2 Å². The molecule has 74 valence electrons. The molecule has 0 aromatic heterocycles. The zero-order chi connectivity index (χ0) is 8.84. The predicted octanol–water partition coefficient (Wildman–Crippen LogP) is 3.18. The Hall–Kier alpha value is 0.440. The average molecular weight is 245 g/mol. The lowest BCUT2D eigenvalue weighted by atomic mass is 9.55. The minimum absolute atomic E-state index is 0.604. The lowest BCUT2D eigenvalue weighted by Crippen LogP contribution is -2.49. The maximum absolute atomic E-state index is 5.84. The quantitative estimate of drug-likeness (QED) is 0.679. The normalized spacial score (nSPS) is 52.8. The van der Waals surface area contributed by atoms with E-state index in [0.29, 0.717) is 6.10 Å². The van der Waals surface area contributed by atoms with Crippen molar-refractivity contribution >= 4 is 15.9 Å². The van der Waals surface area contributed by atoms with Gasteiger partial charge in [0.05, 0.1) is 6.10 Å². The highest BCUT2D eigenvalue weighted by Gasteiger charge is 2.48. The second-order valence-electron chi connectivity index (χ2n) is 5.17. The van der Waals surface area contributed by atoms with E-state index in [1.165, 1.54) is 32.1 Å². The number of rotatable bonds is 2. The van der Waals surface area contributed by atoms with Gasteiger partial charge in [0.2, 0.25) is 0 Å². The highest BCUT2D eigenvalue weighted by atomic mass is 79.9. The Bertz CT molecular complexity index is 176. The Morgan fingerprint density at radius 3 is 1.92 bits per heavy atom. The maximum Gasteiger partial charge on any atom is 0.102 e. The minimum Gasteiger partial charge on any atom is -0.366 e. The van der Waals surface area contributed by atoms with Gasteiger partial charge in [-0.25, -0.2) is 0 Å². The van der Waals surface area contributed by atoms with Crippen LogP contribution in [0.2, 0.25) is 0 Å². The van der Waals surface area contributed by atoms with Crippen molar-refractivity contribution in [2.45, 2.75) is 38.2 Å². The molecule has 0 aromatic rings. The first-order valence-corrected chi connectivity index (χ1v) is 6.66. The summed E-state index contributed by atoms with van der Waals surface area (Å²) in [7, 11) is 0. The molecule has 4 bridgehead atoms. The molecule has 0 unspecified atom stereocenters. The van der Waals surface area contributed by atoms with Crippen molar-refractivity contribution in [3.8, 4) is 0 Å². The van der Waals surface area contributed by atoms with Gasteiger partial charge < -0.3 is 4.74 Å². The third-order valence-electron chi connectivity index (χ3n) is 4.40. The fourth-order valence-corrected chi connectivity index (χ4v) is 4.53. The average Bonchev–Trinajstić information content (AvgIpc) is 2.10. The van der Waals surface area contributed by atoms with E-state index in [2.05, 4.69) is 15.9 Å². The zero-order valence-corrected chi connectivity index (χ0v) is 9.50. The molecule has 0 radical (unpaired) electrons. The van der Waals surface area contributed by atoms with Crippen LogP contribution in [0.25, 0.3) is 0 Å². The topological polar surface area (TPSA) is 9.23 Å². The van der Waals surface area contributed by atoms with E-state index >= 15 is 0 Å². The molecule has 4 aliphatic carbocycles. The largest absolute Gasteiger partial charge is 0.366 e. The summed E-state index contributed by atoms with van der Waals surface area (Å²) in [4.78, 5) is 0. The molecule has 4 rings (SSSR count). The van der Waals surface area contributed by atoms with Crippen LogP contribution in [0.3, 0.4) is 0 Å². The van der Waals surface area contributed by atoms with Gasteiger partial charge in [-0.05, 0) is 55.8 Å². The van der Waals surface area contributed by atoms with Gasteiger partial charge in [-0.2, -0.15) is 0 Å². The first kappa shape index (κ1) is 8.72. The highest BCUT2D eigenvalue weighted by Crippen LogP contribution is 2.54. The fourth-order valence-electron chi connectivity index (χ4n) is 4.22. The molecular formula is C11H17BrO. The summed E-state index contributed by atoms with van der Waals surface area (Å²) in [5.41, 5.74) is 0.736. The smallest absolute Gasteiger partial charge is 0.102 e. The Morgan fingerprint density at radius 1 is 0.923 bits per heavy atom. The van der Waals surface area contributed by atoms with Gasteiger partial charge in [-0.15, -0.1) is 0 Å². The molecule has 4 aliphatic rings. The first-order chi connectivity index (χ1) is 6.36. The van der Waals surface area contributed by atoms with Gasteiger partial charge >= 0.3 is 0 Å². The molecule has 0 atom stereocenters. The minimum atomic E-state index is 0.604. The van der Waals surface area contributed by atoms with Gasteiger partial charge in [-0.1, -0.05) is 15.9 Å². The summed E-state index contributed by atoms with van der Waals surface area (Å²) in [5, 5.41) is 0. The maximum atomic E-state index is 5.84. The molecule has 4 saturated carbocycles. The van der Waals surface area contributed by atoms with Crippen LogP contribution in [0.5, 0.6) is 0 Å². The molecule has 13 heavy (non-hydrogen) atoms. The van der Waals surface area contributed by atoms with Gasteiger partial charge in [0.25, 0.3) is 0 Å². The van der Waals surface area contributed by atoms with Crippen LogP contribution in [0.15, 0.2) is 0 Å². The Kier molecular flexibility index (Phi) is 2.17. The standard InChI is InChI=1S/C11H17BrO/c12-6-13-11-9-2-7-1-8(4-9)5-10(11)3-7/h7-11H,1-6H2. The fraction of sp³-hybridized carbons (Fsp3) is 1.00. The molecule has 1 nitrogen and oxygen atoms in total. The zero-order valence-electron chi connectivity index (χ0n) is 7.92. The molecule has 0 aromatic carbocycles. The monoisotopic (exact) mass is 244 g/mol. The molecule has 0 N–H and O–H groups in total. The second-order valence-corrected chi connectivity index (χ2v) is 5.63. The summed E-state index contributed by atoms with van der Waals surface area (Å²) < 4.78 is 5.84. The highest BCUT2D eigenvalue weighted by molar-refractivity contribution is 9.09. The molecule has 0 aliphatic heterocycles. The molecule has 0 saturated heterocycles. The van der Waals surface area contributed by atoms with E-state index in [9.17, 15) is 0 Å². The number of alkyl halides is 1. The number of ether oxygens (including phenoxy) is 1. The number of hydrogen-bond donors (Lipinski definition) is 0. The van der Waals surface area contributed by atoms with Crippen LogP contribution in [0, 0.1) is 23.7 Å². The van der Waals surface area contributed by atoms with E-state index < -0.39 is 0 Å². The van der Waals surface area contributed by atoms with Crippen molar-refractivity contribution in [1.29, 1.82) is 0 Å². The van der Waals surface area contributed by atoms with Crippen LogP contribution in [-0.2, 0) is 4.74 Å². The molecule has 0 amide bonds. The van der Waals surface area contributed by atoms with E-state index in [-0.39, 0.29) is 0 Å². The van der Waals surface area contributed by atoms with Gasteiger partial charge in [0.1, 0.15) is 5.52 Å². The summed E-state index contributed by atoms with van der Waals surface area (Å²) in [6.07, 6.45) is 7.99. The Morgan fingerprint density at radius 2 is 1.46 bits per heavy atom. The second kappa shape index (κ2) is 3.23. The number of hydrogen-bond acceptors (Lipinski definition) is 1. The molecular weight excluding hydrogens is 228 g/mol. The van der Waals surface area contributed by atoms with E-state index in [1.807, 2.05) is 0 Å². The van der Waals surface area contributed by atoms with Crippen LogP contribution < -0.4 is 0 Å². The van der Waals surface area contributed by atoms with Crippen molar-refractivity contribution in [3.05, 3.63) is 0 Å². The summed E-state index contributed by atoms with van der Waals surface area (Å²) >= 11 is 3.40. The first-order valence-electron chi connectivity index (χ1n) is 5.54. The lowest BCUT2D eigenvalue weighted by molar-refractivity contribution is -0.113. The van der Waals surface area contributed by atoms with Crippen molar-refractivity contribution in [2.75, 3.05) is 5.52 Å². The SMILES string of the molecule is BrCOC1C2CC3CC(C2)CC1C3.